The molecule has 0 saturated heterocycles. The van der Waals surface area contributed by atoms with Crippen LogP contribution >= 0.6 is 11.3 Å². The first-order valence-electron chi connectivity index (χ1n) is 10.9. The van der Waals surface area contributed by atoms with E-state index < -0.39 is 0 Å². The number of nitrogens with zero attached hydrogens (tertiary/aromatic N) is 2. The van der Waals surface area contributed by atoms with Gasteiger partial charge in [0.1, 0.15) is 0 Å². The second-order valence-electron chi connectivity index (χ2n) is 8.06. The Kier molecular flexibility index (Phi) is 6.11. The molecule has 1 aliphatic heterocycles. The summed E-state index contributed by atoms with van der Waals surface area (Å²) < 4.78 is 0. The zero-order valence-corrected chi connectivity index (χ0v) is 18.8. The average molecular weight is 454 g/mol. The van der Waals surface area contributed by atoms with Crippen molar-refractivity contribution in [3.8, 4) is 0 Å². The summed E-state index contributed by atoms with van der Waals surface area (Å²) in [5, 5.41) is 3.55. The normalized spacial score (nSPS) is 13.3. The van der Waals surface area contributed by atoms with Crippen molar-refractivity contribution in [1.82, 2.24) is 9.88 Å². The van der Waals surface area contributed by atoms with Gasteiger partial charge in [-0.05, 0) is 17.7 Å². The summed E-state index contributed by atoms with van der Waals surface area (Å²) in [6.45, 7) is 2.71. The molecule has 1 aromatic heterocycles. The van der Waals surface area contributed by atoms with Gasteiger partial charge in [0.2, 0.25) is 0 Å². The van der Waals surface area contributed by atoms with Crippen LogP contribution in [0.4, 0.5) is 5.13 Å². The Bertz CT molecular complexity index is 1270. The van der Waals surface area contributed by atoms with Crippen LogP contribution in [-0.2, 0) is 19.5 Å². The molecule has 1 N–H and O–H groups in total. The third-order valence-electron chi connectivity index (χ3n) is 5.73. The highest BCUT2D eigenvalue weighted by molar-refractivity contribution is 7.15. The van der Waals surface area contributed by atoms with E-state index >= 15 is 0 Å². The molecule has 3 aromatic carbocycles. The van der Waals surface area contributed by atoms with Crippen LogP contribution in [0, 0.1) is 0 Å². The van der Waals surface area contributed by atoms with Gasteiger partial charge in [-0.15, -0.1) is 11.3 Å². The lowest BCUT2D eigenvalue weighted by Crippen LogP contribution is -2.29. The SMILES string of the molecule is O=C(Nc1nc2c(s1)CN(Cc1ccccc1)CC2)c1ccc(C(=O)c2ccccc2)cc1. The predicted octanol–water partition coefficient (Wildman–Crippen LogP) is 5.18. The number of carbonyl (C=O) groups is 2. The second kappa shape index (κ2) is 9.48. The summed E-state index contributed by atoms with van der Waals surface area (Å²) in [4.78, 5) is 33.6. The molecule has 33 heavy (non-hydrogen) atoms. The molecule has 2 heterocycles. The van der Waals surface area contributed by atoms with Crippen LogP contribution in [0.3, 0.4) is 0 Å². The average Bonchev–Trinajstić information content (AvgIpc) is 3.26. The minimum Gasteiger partial charge on any atom is -0.298 e. The molecule has 0 atom stereocenters. The summed E-state index contributed by atoms with van der Waals surface area (Å²) in [5.41, 5.74) is 4.06. The van der Waals surface area contributed by atoms with E-state index in [1.807, 2.05) is 24.3 Å². The maximum atomic E-state index is 12.7. The van der Waals surface area contributed by atoms with E-state index in [2.05, 4.69) is 39.5 Å². The number of amides is 1. The first-order valence-corrected chi connectivity index (χ1v) is 11.7. The summed E-state index contributed by atoms with van der Waals surface area (Å²) in [7, 11) is 0. The standard InChI is InChI=1S/C27H23N3O2S/c31-25(20-9-5-2-6-10-20)21-11-13-22(14-12-21)26(32)29-27-28-23-15-16-30(18-24(23)33-27)17-19-7-3-1-4-8-19/h1-14H,15-18H2,(H,28,29,32). The van der Waals surface area contributed by atoms with Gasteiger partial charge >= 0.3 is 0 Å². The van der Waals surface area contributed by atoms with E-state index in [1.165, 1.54) is 21.8 Å². The summed E-state index contributed by atoms with van der Waals surface area (Å²) in [6.07, 6.45) is 0.880. The largest absolute Gasteiger partial charge is 0.298 e. The molecule has 6 heteroatoms. The number of hydrogen-bond donors (Lipinski definition) is 1. The van der Waals surface area contributed by atoms with Crippen molar-refractivity contribution in [3.05, 3.63) is 118 Å². The molecular formula is C27H23N3O2S. The van der Waals surface area contributed by atoms with Crippen molar-refractivity contribution in [1.29, 1.82) is 0 Å². The molecule has 0 radical (unpaired) electrons. The highest BCUT2D eigenvalue weighted by Gasteiger charge is 2.22. The molecule has 164 valence electrons. The van der Waals surface area contributed by atoms with E-state index in [9.17, 15) is 9.59 Å². The van der Waals surface area contributed by atoms with Crippen LogP contribution in [0.2, 0.25) is 0 Å². The van der Waals surface area contributed by atoms with Crippen molar-refractivity contribution in [2.24, 2.45) is 0 Å². The Morgan fingerprint density at radius 1 is 0.848 bits per heavy atom. The van der Waals surface area contributed by atoms with Crippen LogP contribution in [0.5, 0.6) is 0 Å². The minimum absolute atomic E-state index is 0.0600. The lowest BCUT2D eigenvalue weighted by atomic mass is 10.0. The topological polar surface area (TPSA) is 62.3 Å². The van der Waals surface area contributed by atoms with Gasteiger partial charge < -0.3 is 0 Å². The Labute approximate surface area is 196 Å². The Balaban J connectivity index is 1.22. The zero-order valence-electron chi connectivity index (χ0n) is 18.0. The van der Waals surface area contributed by atoms with Crippen molar-refractivity contribution >= 4 is 28.2 Å². The predicted molar refractivity (Wildman–Crippen MR) is 131 cm³/mol. The quantitative estimate of drug-likeness (QED) is 0.409. The molecule has 0 unspecified atom stereocenters. The number of fused-ring (bicyclic) bond motifs is 1. The van der Waals surface area contributed by atoms with E-state index in [0.717, 1.165) is 31.7 Å². The van der Waals surface area contributed by atoms with E-state index in [-0.39, 0.29) is 11.7 Å². The van der Waals surface area contributed by atoms with Gasteiger partial charge in [-0.1, -0.05) is 72.8 Å². The van der Waals surface area contributed by atoms with Crippen molar-refractivity contribution in [2.45, 2.75) is 19.5 Å². The number of benzene rings is 3. The van der Waals surface area contributed by atoms with Gasteiger partial charge in [0.05, 0.1) is 5.69 Å². The second-order valence-corrected chi connectivity index (χ2v) is 9.15. The molecule has 0 spiro atoms. The number of rotatable bonds is 6. The number of aromatic nitrogens is 1. The number of thiazole rings is 1. The number of hydrogen-bond acceptors (Lipinski definition) is 5. The summed E-state index contributed by atoms with van der Waals surface area (Å²) >= 11 is 1.54. The minimum atomic E-state index is -0.221. The Morgan fingerprint density at radius 3 is 2.21 bits per heavy atom. The lowest BCUT2D eigenvalue weighted by Gasteiger charge is -2.25. The molecule has 5 nitrogen and oxygen atoms in total. The van der Waals surface area contributed by atoms with Gasteiger partial charge in [0.25, 0.3) is 5.91 Å². The Morgan fingerprint density at radius 2 is 1.48 bits per heavy atom. The molecular weight excluding hydrogens is 430 g/mol. The Hall–Kier alpha value is -3.61. The van der Waals surface area contributed by atoms with Crippen molar-refractivity contribution in [2.75, 3.05) is 11.9 Å². The van der Waals surface area contributed by atoms with Gasteiger partial charge in [0.15, 0.2) is 10.9 Å². The molecule has 0 fully saturated rings. The number of anilines is 1. The highest BCUT2D eigenvalue weighted by Crippen LogP contribution is 2.29. The summed E-state index contributed by atoms with van der Waals surface area (Å²) in [5.74, 6) is -0.281. The number of nitrogens with one attached hydrogen (secondary N) is 1. The van der Waals surface area contributed by atoms with E-state index in [0.29, 0.717) is 21.8 Å². The number of carbonyl (C=O) groups excluding carboxylic acids is 2. The molecule has 4 aromatic rings. The molecule has 1 amide bonds. The number of ketones is 1. The fourth-order valence-corrected chi connectivity index (χ4v) is 5.02. The van der Waals surface area contributed by atoms with Crippen molar-refractivity contribution < 1.29 is 9.59 Å². The van der Waals surface area contributed by atoms with Gasteiger partial charge in [-0.3, -0.25) is 19.8 Å². The fourth-order valence-electron chi connectivity index (χ4n) is 3.98. The van der Waals surface area contributed by atoms with Gasteiger partial charge in [-0.25, -0.2) is 4.98 Å². The molecule has 1 aliphatic rings. The van der Waals surface area contributed by atoms with Crippen LogP contribution in [-0.4, -0.2) is 28.1 Å². The fraction of sp³-hybridized carbons (Fsp3) is 0.148. The zero-order chi connectivity index (χ0) is 22.6. The van der Waals surface area contributed by atoms with Crippen LogP contribution in [0.25, 0.3) is 0 Å². The monoisotopic (exact) mass is 453 g/mol. The van der Waals surface area contributed by atoms with Gasteiger partial charge in [0, 0.05) is 47.6 Å². The first-order chi connectivity index (χ1) is 16.2. The maximum Gasteiger partial charge on any atom is 0.257 e. The molecule has 0 aliphatic carbocycles. The molecule has 5 rings (SSSR count). The van der Waals surface area contributed by atoms with Crippen molar-refractivity contribution in [3.63, 3.8) is 0 Å². The maximum absolute atomic E-state index is 12.7. The molecule has 0 saturated carbocycles. The van der Waals surface area contributed by atoms with Crippen LogP contribution < -0.4 is 5.32 Å². The lowest BCUT2D eigenvalue weighted by molar-refractivity contribution is 0.102. The van der Waals surface area contributed by atoms with E-state index in [4.69, 9.17) is 0 Å². The third-order valence-corrected chi connectivity index (χ3v) is 6.72. The highest BCUT2D eigenvalue weighted by atomic mass is 32.1. The van der Waals surface area contributed by atoms with E-state index in [1.54, 1.807) is 36.4 Å². The van der Waals surface area contributed by atoms with Crippen LogP contribution in [0.1, 0.15) is 42.4 Å². The summed E-state index contributed by atoms with van der Waals surface area (Å²) in [6, 6.07) is 26.3. The molecule has 0 bridgehead atoms. The van der Waals surface area contributed by atoms with Gasteiger partial charge in [-0.2, -0.15) is 0 Å². The first kappa shape index (κ1) is 21.2. The van der Waals surface area contributed by atoms with Crippen LogP contribution in [0.15, 0.2) is 84.9 Å². The smallest absolute Gasteiger partial charge is 0.257 e. The third kappa shape index (κ3) is 4.92.